The third kappa shape index (κ3) is 1.55. The normalized spacial score (nSPS) is 19.1. The average molecular weight is 235 g/mol. The summed E-state index contributed by atoms with van der Waals surface area (Å²) in [7, 11) is 0. The summed E-state index contributed by atoms with van der Waals surface area (Å²) in [5.74, 6) is -0.437. The Bertz CT molecular complexity index is 479. The fourth-order valence-electron chi connectivity index (χ4n) is 1.91. The van der Waals surface area contributed by atoms with Gasteiger partial charge in [-0.15, -0.1) is 0 Å². The van der Waals surface area contributed by atoms with Crippen molar-refractivity contribution < 1.29 is 4.39 Å². The first-order valence-electron chi connectivity index (χ1n) is 5.19. The first kappa shape index (κ1) is 9.94. The second-order valence-electron chi connectivity index (χ2n) is 4.02. The molecular weight excluding hydrogens is 225 g/mol. The van der Waals surface area contributed by atoms with Crippen LogP contribution in [0.5, 0.6) is 0 Å². The average Bonchev–Trinajstić information content (AvgIpc) is 3.11. The predicted octanol–water partition coefficient (Wildman–Crippen LogP) is 2.23. The minimum absolute atomic E-state index is 0.131. The van der Waals surface area contributed by atoms with Crippen LogP contribution in [0.15, 0.2) is 17.0 Å². The summed E-state index contributed by atoms with van der Waals surface area (Å²) < 4.78 is 16.6. The molecule has 1 N–H and O–H groups in total. The molecule has 82 valence electrons. The number of nitriles is 1. The standard InChI is InChI=1S/C11H10FN3S/c12-9-4-11-10(3-7(9)5-13)15(6-14-16-11)8-1-2-8/h3-4,8,14H,1-2,6H2. The maximum atomic E-state index is 13.4. The minimum atomic E-state index is -0.437. The molecule has 0 saturated heterocycles. The Hall–Kier alpha value is -1.25. The van der Waals surface area contributed by atoms with Crippen LogP contribution in [0, 0.1) is 17.1 Å². The maximum Gasteiger partial charge on any atom is 0.142 e. The van der Waals surface area contributed by atoms with Crippen LogP contribution in [-0.4, -0.2) is 12.7 Å². The van der Waals surface area contributed by atoms with Crippen molar-refractivity contribution in [3.8, 4) is 6.07 Å². The van der Waals surface area contributed by atoms with Gasteiger partial charge in [-0.1, -0.05) is 0 Å². The number of anilines is 1. The van der Waals surface area contributed by atoms with Gasteiger partial charge in [0.25, 0.3) is 0 Å². The summed E-state index contributed by atoms with van der Waals surface area (Å²) in [5.41, 5.74) is 1.12. The second kappa shape index (κ2) is 3.65. The predicted molar refractivity (Wildman–Crippen MR) is 60.5 cm³/mol. The van der Waals surface area contributed by atoms with Crippen molar-refractivity contribution in [1.29, 1.82) is 5.26 Å². The van der Waals surface area contributed by atoms with E-state index in [1.54, 1.807) is 6.07 Å². The molecule has 1 aromatic carbocycles. The molecule has 2 aliphatic rings. The summed E-state index contributed by atoms with van der Waals surface area (Å²) in [4.78, 5) is 3.08. The maximum absolute atomic E-state index is 13.4. The highest BCUT2D eigenvalue weighted by Crippen LogP contribution is 2.40. The Balaban J connectivity index is 2.08. The van der Waals surface area contributed by atoms with Crippen LogP contribution in [0.25, 0.3) is 0 Å². The lowest BCUT2D eigenvalue weighted by molar-refractivity contribution is 0.618. The number of halogens is 1. The Morgan fingerprint density at radius 3 is 3.00 bits per heavy atom. The van der Waals surface area contributed by atoms with E-state index >= 15 is 0 Å². The molecule has 0 atom stereocenters. The Morgan fingerprint density at radius 2 is 2.31 bits per heavy atom. The largest absolute Gasteiger partial charge is 0.354 e. The molecule has 1 aromatic rings. The number of hydrogen-bond donors (Lipinski definition) is 1. The minimum Gasteiger partial charge on any atom is -0.354 e. The van der Waals surface area contributed by atoms with Gasteiger partial charge in [0, 0.05) is 10.9 Å². The molecule has 0 spiro atoms. The van der Waals surface area contributed by atoms with E-state index in [0.717, 1.165) is 17.3 Å². The van der Waals surface area contributed by atoms with Gasteiger partial charge in [-0.05, 0) is 36.9 Å². The van der Waals surface area contributed by atoms with Gasteiger partial charge < -0.3 is 4.90 Å². The molecule has 0 unspecified atom stereocenters. The van der Waals surface area contributed by atoms with E-state index in [2.05, 4.69) is 9.62 Å². The molecule has 16 heavy (non-hydrogen) atoms. The molecule has 3 nitrogen and oxygen atoms in total. The number of fused-ring (bicyclic) bond motifs is 1. The van der Waals surface area contributed by atoms with Gasteiger partial charge in [-0.2, -0.15) is 5.26 Å². The number of nitrogens with one attached hydrogen (secondary N) is 1. The van der Waals surface area contributed by atoms with Crippen molar-refractivity contribution in [2.24, 2.45) is 0 Å². The van der Waals surface area contributed by atoms with Crippen molar-refractivity contribution >= 4 is 17.6 Å². The monoisotopic (exact) mass is 235 g/mol. The Kier molecular flexibility index (Phi) is 2.27. The van der Waals surface area contributed by atoms with Gasteiger partial charge in [0.05, 0.1) is 17.9 Å². The SMILES string of the molecule is N#Cc1cc2c(cc1F)SNCN2C1CC1. The number of nitrogens with zero attached hydrogens (tertiary/aromatic N) is 2. The number of hydrogen-bond acceptors (Lipinski definition) is 4. The van der Waals surface area contributed by atoms with Gasteiger partial charge >= 0.3 is 0 Å². The molecule has 0 amide bonds. The van der Waals surface area contributed by atoms with E-state index in [1.165, 1.54) is 30.9 Å². The number of benzene rings is 1. The van der Waals surface area contributed by atoms with Crippen LogP contribution < -0.4 is 9.62 Å². The lowest BCUT2D eigenvalue weighted by Gasteiger charge is -2.31. The molecule has 3 rings (SSSR count). The summed E-state index contributed by atoms with van der Waals surface area (Å²) in [6, 6.07) is 5.56. The summed E-state index contributed by atoms with van der Waals surface area (Å²) >= 11 is 1.43. The van der Waals surface area contributed by atoms with E-state index in [-0.39, 0.29) is 5.56 Å². The molecule has 0 aromatic heterocycles. The zero-order valence-electron chi connectivity index (χ0n) is 8.53. The van der Waals surface area contributed by atoms with Gasteiger partial charge in [0.1, 0.15) is 11.9 Å². The Morgan fingerprint density at radius 1 is 1.50 bits per heavy atom. The van der Waals surface area contributed by atoms with Crippen LogP contribution in [0.3, 0.4) is 0 Å². The van der Waals surface area contributed by atoms with Gasteiger partial charge in [-0.25, -0.2) is 9.11 Å². The molecule has 1 heterocycles. The molecule has 0 bridgehead atoms. The molecule has 1 saturated carbocycles. The molecule has 1 aliphatic carbocycles. The lowest BCUT2D eigenvalue weighted by Crippen LogP contribution is -2.36. The summed E-state index contributed by atoms with van der Waals surface area (Å²) in [6.45, 7) is 0.763. The highest BCUT2D eigenvalue weighted by molar-refractivity contribution is 7.97. The molecule has 1 aliphatic heterocycles. The Labute approximate surface area is 97.4 Å². The quantitative estimate of drug-likeness (QED) is 0.758. The van der Waals surface area contributed by atoms with Gasteiger partial charge in [0.2, 0.25) is 0 Å². The van der Waals surface area contributed by atoms with Crippen molar-refractivity contribution in [3.05, 3.63) is 23.5 Å². The van der Waals surface area contributed by atoms with Crippen LogP contribution in [0.1, 0.15) is 18.4 Å². The van der Waals surface area contributed by atoms with Gasteiger partial charge in [-0.3, -0.25) is 0 Å². The van der Waals surface area contributed by atoms with Crippen molar-refractivity contribution in [2.45, 2.75) is 23.8 Å². The fraction of sp³-hybridized carbons (Fsp3) is 0.364. The third-order valence-electron chi connectivity index (χ3n) is 2.88. The topological polar surface area (TPSA) is 39.1 Å². The van der Waals surface area contributed by atoms with E-state index in [1.807, 2.05) is 6.07 Å². The number of rotatable bonds is 1. The highest BCUT2D eigenvalue weighted by Gasteiger charge is 2.32. The van der Waals surface area contributed by atoms with Crippen molar-refractivity contribution in [3.63, 3.8) is 0 Å². The van der Waals surface area contributed by atoms with Crippen LogP contribution >= 0.6 is 11.9 Å². The zero-order chi connectivity index (χ0) is 11.1. The van der Waals surface area contributed by atoms with Crippen LogP contribution in [0.2, 0.25) is 0 Å². The smallest absolute Gasteiger partial charge is 0.142 e. The van der Waals surface area contributed by atoms with Crippen LogP contribution in [0.4, 0.5) is 10.1 Å². The van der Waals surface area contributed by atoms with Crippen LogP contribution in [-0.2, 0) is 0 Å². The van der Waals surface area contributed by atoms with Crippen molar-refractivity contribution in [1.82, 2.24) is 4.72 Å². The summed E-state index contributed by atoms with van der Waals surface area (Å²) in [5, 5.41) is 8.83. The van der Waals surface area contributed by atoms with E-state index in [4.69, 9.17) is 5.26 Å². The lowest BCUT2D eigenvalue weighted by atomic mass is 10.2. The fourth-order valence-corrected chi connectivity index (χ4v) is 2.71. The third-order valence-corrected chi connectivity index (χ3v) is 3.70. The van der Waals surface area contributed by atoms with E-state index in [9.17, 15) is 4.39 Å². The first-order chi connectivity index (χ1) is 7.79. The van der Waals surface area contributed by atoms with Gasteiger partial charge in [0.15, 0.2) is 0 Å². The first-order valence-corrected chi connectivity index (χ1v) is 6.01. The molecule has 5 heteroatoms. The summed E-state index contributed by atoms with van der Waals surface area (Å²) in [6.07, 6.45) is 2.37. The van der Waals surface area contributed by atoms with Crippen molar-refractivity contribution in [2.75, 3.05) is 11.6 Å². The molecular formula is C11H10FN3S. The van der Waals surface area contributed by atoms with E-state index < -0.39 is 5.82 Å². The second-order valence-corrected chi connectivity index (χ2v) is 4.95. The molecule has 1 fully saturated rings. The van der Waals surface area contributed by atoms with E-state index in [0.29, 0.717) is 6.04 Å². The highest BCUT2D eigenvalue weighted by atomic mass is 32.2. The zero-order valence-corrected chi connectivity index (χ0v) is 9.35. The molecule has 0 radical (unpaired) electrons.